The third-order valence-electron chi connectivity index (χ3n) is 4.58. The van der Waals surface area contributed by atoms with Gasteiger partial charge in [0.25, 0.3) is 0 Å². The molecule has 3 aromatic carbocycles. The van der Waals surface area contributed by atoms with Crippen LogP contribution in [0.25, 0.3) is 0 Å². The Hall–Kier alpha value is -2.33. The molecular formula is C25H26O2S. The lowest BCUT2D eigenvalue weighted by molar-refractivity contribution is 0.0624. The largest absolute Gasteiger partial charge is 0.390 e. The fraction of sp³-hybridized carbons (Fsp3) is 0.200. The van der Waals surface area contributed by atoms with Crippen LogP contribution in [0, 0.1) is 0 Å². The van der Waals surface area contributed by atoms with Gasteiger partial charge in [0, 0.05) is 5.75 Å². The molecule has 1 atom stereocenters. The van der Waals surface area contributed by atoms with E-state index in [4.69, 9.17) is 4.74 Å². The van der Waals surface area contributed by atoms with Crippen molar-refractivity contribution in [2.45, 2.75) is 10.9 Å². The van der Waals surface area contributed by atoms with E-state index in [1.165, 1.54) is 16.7 Å². The highest BCUT2D eigenvalue weighted by atomic mass is 32.2. The van der Waals surface area contributed by atoms with Crippen molar-refractivity contribution in [1.82, 2.24) is 0 Å². The minimum absolute atomic E-state index is 0.299. The number of aliphatic hydroxyl groups excluding tert-OH is 1. The number of ether oxygens (including phenoxy) is 1. The molecule has 0 fully saturated rings. The second-order valence-corrected chi connectivity index (χ2v) is 7.80. The Labute approximate surface area is 171 Å². The average Bonchev–Trinajstić information content (AvgIpc) is 2.77. The van der Waals surface area contributed by atoms with Crippen molar-refractivity contribution in [2.24, 2.45) is 0 Å². The standard InChI is InChI=1S/C25H26O2S/c1-2-18-27-19-24(26)20-28-25(21-12-6-3-7-13-21,22-14-8-4-9-15-22)23-16-10-5-11-17-23/h2-17,24,26H,1,18-20H2. The molecule has 0 aliphatic rings. The molecule has 0 aliphatic heterocycles. The van der Waals surface area contributed by atoms with Crippen LogP contribution in [0.15, 0.2) is 104 Å². The van der Waals surface area contributed by atoms with E-state index in [1.54, 1.807) is 17.8 Å². The highest BCUT2D eigenvalue weighted by molar-refractivity contribution is 8.00. The summed E-state index contributed by atoms with van der Waals surface area (Å²) >= 11 is 1.74. The van der Waals surface area contributed by atoms with Crippen molar-refractivity contribution in [3.63, 3.8) is 0 Å². The molecule has 0 saturated heterocycles. The molecule has 3 rings (SSSR count). The Balaban J connectivity index is 2.03. The van der Waals surface area contributed by atoms with Gasteiger partial charge in [0.1, 0.15) is 0 Å². The van der Waals surface area contributed by atoms with Crippen LogP contribution < -0.4 is 0 Å². The molecule has 0 saturated carbocycles. The predicted octanol–water partition coefficient (Wildman–Crippen LogP) is 5.28. The van der Waals surface area contributed by atoms with Crippen molar-refractivity contribution < 1.29 is 9.84 Å². The van der Waals surface area contributed by atoms with Crippen molar-refractivity contribution >= 4 is 11.8 Å². The zero-order valence-electron chi connectivity index (χ0n) is 15.9. The second kappa shape index (κ2) is 10.3. The van der Waals surface area contributed by atoms with E-state index in [-0.39, 0.29) is 0 Å². The summed E-state index contributed by atoms with van der Waals surface area (Å²) in [7, 11) is 0. The molecule has 0 radical (unpaired) electrons. The lowest BCUT2D eigenvalue weighted by Gasteiger charge is -2.36. The quantitative estimate of drug-likeness (QED) is 0.290. The van der Waals surface area contributed by atoms with Gasteiger partial charge >= 0.3 is 0 Å². The zero-order valence-corrected chi connectivity index (χ0v) is 16.7. The molecule has 0 heterocycles. The monoisotopic (exact) mass is 390 g/mol. The molecule has 1 N–H and O–H groups in total. The molecule has 0 bridgehead atoms. The topological polar surface area (TPSA) is 29.5 Å². The Morgan fingerprint density at radius 3 is 1.64 bits per heavy atom. The smallest absolute Gasteiger partial charge is 0.0907 e. The normalized spacial score (nSPS) is 12.5. The predicted molar refractivity (Wildman–Crippen MR) is 119 cm³/mol. The number of benzene rings is 3. The van der Waals surface area contributed by atoms with Gasteiger partial charge in [-0.15, -0.1) is 18.3 Å². The van der Waals surface area contributed by atoms with Gasteiger partial charge in [-0.2, -0.15) is 0 Å². The first-order valence-electron chi connectivity index (χ1n) is 9.44. The molecule has 0 aliphatic carbocycles. The first-order valence-corrected chi connectivity index (χ1v) is 10.4. The van der Waals surface area contributed by atoms with Gasteiger partial charge in [-0.1, -0.05) is 97.1 Å². The fourth-order valence-corrected chi connectivity index (χ4v) is 4.77. The van der Waals surface area contributed by atoms with Crippen LogP contribution in [0.2, 0.25) is 0 Å². The van der Waals surface area contributed by atoms with Gasteiger partial charge < -0.3 is 9.84 Å². The average molecular weight is 391 g/mol. The van der Waals surface area contributed by atoms with E-state index >= 15 is 0 Å². The molecule has 0 spiro atoms. The zero-order chi connectivity index (χ0) is 19.7. The van der Waals surface area contributed by atoms with Crippen LogP contribution in [-0.2, 0) is 9.48 Å². The third kappa shape index (κ3) is 4.74. The summed E-state index contributed by atoms with van der Waals surface area (Å²) in [4.78, 5) is 0. The van der Waals surface area contributed by atoms with Crippen molar-refractivity contribution in [1.29, 1.82) is 0 Å². The Kier molecular flexibility index (Phi) is 7.49. The molecule has 1 unspecified atom stereocenters. The first kappa shape index (κ1) is 20.4. The van der Waals surface area contributed by atoms with E-state index < -0.39 is 10.9 Å². The summed E-state index contributed by atoms with van der Waals surface area (Å²) < 4.78 is 5.03. The highest BCUT2D eigenvalue weighted by Crippen LogP contribution is 2.48. The SMILES string of the molecule is C=CCOCC(O)CSC(c1ccccc1)(c1ccccc1)c1ccccc1. The van der Waals surface area contributed by atoms with E-state index in [9.17, 15) is 5.11 Å². The summed E-state index contributed by atoms with van der Waals surface area (Å²) in [6.07, 6.45) is 1.14. The molecule has 3 heteroatoms. The van der Waals surface area contributed by atoms with Crippen LogP contribution in [0.1, 0.15) is 16.7 Å². The minimum Gasteiger partial charge on any atom is -0.390 e. The first-order chi connectivity index (χ1) is 13.8. The van der Waals surface area contributed by atoms with Crippen molar-refractivity contribution in [3.05, 3.63) is 120 Å². The number of thioether (sulfide) groups is 1. The van der Waals surface area contributed by atoms with E-state index in [1.807, 2.05) is 18.2 Å². The maximum atomic E-state index is 10.5. The number of hydrogen-bond acceptors (Lipinski definition) is 3. The molecule has 0 aromatic heterocycles. The van der Waals surface area contributed by atoms with Gasteiger partial charge in [-0.3, -0.25) is 0 Å². The van der Waals surface area contributed by atoms with Gasteiger partial charge in [-0.25, -0.2) is 0 Å². The van der Waals surface area contributed by atoms with Crippen LogP contribution in [0.3, 0.4) is 0 Å². The van der Waals surface area contributed by atoms with Crippen LogP contribution in [0.4, 0.5) is 0 Å². The summed E-state index contributed by atoms with van der Waals surface area (Å²) in [5.41, 5.74) is 3.57. The Morgan fingerprint density at radius 1 is 0.821 bits per heavy atom. The molecule has 3 aromatic rings. The summed E-state index contributed by atoms with van der Waals surface area (Å²) in [5.74, 6) is 0.551. The Morgan fingerprint density at radius 2 is 1.25 bits per heavy atom. The van der Waals surface area contributed by atoms with Crippen LogP contribution >= 0.6 is 11.8 Å². The minimum atomic E-state index is -0.555. The maximum absolute atomic E-state index is 10.5. The molecule has 28 heavy (non-hydrogen) atoms. The van der Waals surface area contributed by atoms with Gasteiger partial charge in [0.05, 0.1) is 24.1 Å². The van der Waals surface area contributed by atoms with Gasteiger partial charge in [0.15, 0.2) is 0 Å². The second-order valence-electron chi connectivity index (χ2n) is 6.57. The molecule has 144 valence electrons. The van der Waals surface area contributed by atoms with Crippen LogP contribution in [0.5, 0.6) is 0 Å². The van der Waals surface area contributed by atoms with Gasteiger partial charge in [0.2, 0.25) is 0 Å². The summed E-state index contributed by atoms with van der Waals surface area (Å²) in [5, 5.41) is 10.5. The lowest BCUT2D eigenvalue weighted by atomic mass is 9.84. The van der Waals surface area contributed by atoms with E-state index in [0.717, 1.165) is 0 Å². The Bertz CT molecular complexity index is 738. The number of aliphatic hydroxyl groups is 1. The van der Waals surface area contributed by atoms with E-state index in [0.29, 0.717) is 19.0 Å². The molecule has 2 nitrogen and oxygen atoms in total. The van der Waals surface area contributed by atoms with Crippen molar-refractivity contribution in [3.8, 4) is 0 Å². The summed E-state index contributed by atoms with van der Waals surface area (Å²) in [6, 6.07) is 31.5. The number of hydrogen-bond donors (Lipinski definition) is 1. The maximum Gasteiger partial charge on any atom is 0.0907 e. The van der Waals surface area contributed by atoms with Gasteiger partial charge in [-0.05, 0) is 16.7 Å². The highest BCUT2D eigenvalue weighted by Gasteiger charge is 2.37. The van der Waals surface area contributed by atoms with E-state index in [2.05, 4.69) is 79.4 Å². The van der Waals surface area contributed by atoms with Crippen molar-refractivity contribution in [2.75, 3.05) is 19.0 Å². The summed E-state index contributed by atoms with van der Waals surface area (Å²) in [6.45, 7) is 4.40. The lowest BCUT2D eigenvalue weighted by Crippen LogP contribution is -2.29. The number of rotatable bonds is 10. The molecular weight excluding hydrogens is 364 g/mol. The third-order valence-corrected chi connectivity index (χ3v) is 6.27. The molecule has 0 amide bonds. The fourth-order valence-electron chi connectivity index (χ4n) is 3.33. The van der Waals surface area contributed by atoms with Crippen LogP contribution in [-0.4, -0.2) is 30.2 Å².